The Bertz CT molecular complexity index is 1270. The molecule has 0 aliphatic rings. The van der Waals surface area contributed by atoms with Crippen LogP contribution in [0.2, 0.25) is 10.0 Å². The highest BCUT2D eigenvalue weighted by atomic mass is 35.5. The fraction of sp³-hybridized carbons (Fsp3) is 0.118. The van der Waals surface area contributed by atoms with Crippen LogP contribution in [0.15, 0.2) is 56.8 Å². The van der Waals surface area contributed by atoms with Gasteiger partial charge in [0.05, 0.1) is 15.6 Å². The average molecular weight is 476 g/mol. The van der Waals surface area contributed by atoms with E-state index in [1.54, 1.807) is 13.8 Å². The lowest BCUT2D eigenvalue weighted by atomic mass is 10.3. The lowest BCUT2D eigenvalue weighted by Gasteiger charge is -2.11. The van der Waals surface area contributed by atoms with Crippen molar-refractivity contribution in [3.05, 3.63) is 63.8 Å². The standard InChI is InChI=1S/C17H15Cl2N3O5S2/c1-10-11(2)20-27-17(10)22-28(23,24)14-6-4-13(5-7-14)21-29(25,26)16-9-12(18)3-8-15(16)19/h3-9,21-22H,1-2H3. The van der Waals surface area contributed by atoms with Gasteiger partial charge in [0, 0.05) is 16.3 Å². The molecule has 154 valence electrons. The van der Waals surface area contributed by atoms with E-state index >= 15 is 0 Å². The van der Waals surface area contributed by atoms with Gasteiger partial charge in [-0.05, 0) is 56.3 Å². The minimum Gasteiger partial charge on any atom is -0.337 e. The lowest BCUT2D eigenvalue weighted by Crippen LogP contribution is -2.15. The van der Waals surface area contributed by atoms with E-state index in [2.05, 4.69) is 14.6 Å². The van der Waals surface area contributed by atoms with Crippen LogP contribution in [0, 0.1) is 13.8 Å². The summed E-state index contributed by atoms with van der Waals surface area (Å²) in [4.78, 5) is -0.282. The summed E-state index contributed by atoms with van der Waals surface area (Å²) < 4.78 is 59.6. The summed E-state index contributed by atoms with van der Waals surface area (Å²) in [6.07, 6.45) is 0. The van der Waals surface area contributed by atoms with Crippen molar-refractivity contribution in [2.24, 2.45) is 0 Å². The van der Waals surface area contributed by atoms with Gasteiger partial charge in [-0.25, -0.2) is 21.6 Å². The van der Waals surface area contributed by atoms with Gasteiger partial charge < -0.3 is 4.52 Å². The number of hydrogen-bond acceptors (Lipinski definition) is 6. The molecule has 1 aromatic heterocycles. The van der Waals surface area contributed by atoms with Gasteiger partial charge in [0.15, 0.2) is 0 Å². The third-order valence-electron chi connectivity index (χ3n) is 3.98. The minimum absolute atomic E-state index is 0.00279. The molecule has 29 heavy (non-hydrogen) atoms. The zero-order valence-electron chi connectivity index (χ0n) is 15.1. The van der Waals surface area contributed by atoms with Gasteiger partial charge in [0.1, 0.15) is 4.90 Å². The second-order valence-corrected chi connectivity index (χ2v) is 10.2. The summed E-state index contributed by atoms with van der Waals surface area (Å²) in [5, 5.41) is 3.90. The van der Waals surface area contributed by atoms with Crippen LogP contribution in [0.25, 0.3) is 0 Å². The van der Waals surface area contributed by atoms with Gasteiger partial charge in [0.25, 0.3) is 20.0 Å². The van der Waals surface area contributed by atoms with E-state index in [4.69, 9.17) is 27.7 Å². The molecular formula is C17H15Cl2N3O5S2. The molecule has 3 rings (SSSR count). The second kappa shape index (κ2) is 7.86. The van der Waals surface area contributed by atoms with Crippen molar-refractivity contribution in [1.82, 2.24) is 5.16 Å². The smallest absolute Gasteiger partial charge is 0.264 e. The molecule has 12 heteroatoms. The van der Waals surface area contributed by atoms with E-state index in [-0.39, 0.29) is 31.4 Å². The molecule has 0 radical (unpaired) electrons. The molecular weight excluding hydrogens is 461 g/mol. The van der Waals surface area contributed by atoms with Crippen molar-refractivity contribution in [3.63, 3.8) is 0 Å². The number of aromatic nitrogens is 1. The Balaban J connectivity index is 1.83. The van der Waals surface area contributed by atoms with Crippen molar-refractivity contribution in [2.75, 3.05) is 9.44 Å². The van der Waals surface area contributed by atoms with Crippen LogP contribution >= 0.6 is 23.2 Å². The summed E-state index contributed by atoms with van der Waals surface area (Å²) in [6.45, 7) is 3.35. The van der Waals surface area contributed by atoms with E-state index in [1.165, 1.54) is 42.5 Å². The Morgan fingerprint density at radius 2 is 1.55 bits per heavy atom. The number of rotatable bonds is 6. The maximum absolute atomic E-state index is 12.5. The molecule has 0 unspecified atom stereocenters. The summed E-state index contributed by atoms with van der Waals surface area (Å²) >= 11 is 11.8. The summed E-state index contributed by atoms with van der Waals surface area (Å²) in [5.74, 6) is 0.0166. The zero-order chi connectivity index (χ0) is 21.4. The quantitative estimate of drug-likeness (QED) is 0.551. The van der Waals surface area contributed by atoms with Crippen LogP contribution in [0.4, 0.5) is 11.6 Å². The predicted molar refractivity (Wildman–Crippen MR) is 110 cm³/mol. The number of nitrogens with one attached hydrogen (secondary N) is 2. The Hall–Kier alpha value is -2.27. The van der Waals surface area contributed by atoms with Crippen molar-refractivity contribution in [3.8, 4) is 0 Å². The lowest BCUT2D eigenvalue weighted by molar-refractivity contribution is 0.430. The van der Waals surface area contributed by atoms with Crippen molar-refractivity contribution >= 4 is 54.8 Å². The van der Waals surface area contributed by atoms with E-state index in [0.717, 1.165) is 0 Å². The Morgan fingerprint density at radius 1 is 0.897 bits per heavy atom. The largest absolute Gasteiger partial charge is 0.337 e. The first-order valence-electron chi connectivity index (χ1n) is 8.03. The molecule has 0 amide bonds. The maximum atomic E-state index is 12.5. The first-order chi connectivity index (χ1) is 13.5. The van der Waals surface area contributed by atoms with Gasteiger partial charge in [0.2, 0.25) is 5.88 Å². The Labute approximate surface area is 177 Å². The van der Waals surface area contributed by atoms with Gasteiger partial charge in [-0.1, -0.05) is 28.4 Å². The minimum atomic E-state index is -4.02. The average Bonchev–Trinajstić information content (AvgIpc) is 2.95. The topological polar surface area (TPSA) is 118 Å². The van der Waals surface area contributed by atoms with Crippen molar-refractivity contribution < 1.29 is 21.4 Å². The molecule has 0 atom stereocenters. The number of anilines is 2. The normalized spacial score (nSPS) is 12.0. The molecule has 2 aromatic carbocycles. The monoisotopic (exact) mass is 475 g/mol. The van der Waals surface area contributed by atoms with Crippen LogP contribution in [0.5, 0.6) is 0 Å². The molecule has 8 nitrogen and oxygen atoms in total. The van der Waals surface area contributed by atoms with Crippen LogP contribution in [0.3, 0.4) is 0 Å². The first-order valence-corrected chi connectivity index (χ1v) is 11.8. The van der Waals surface area contributed by atoms with Crippen LogP contribution in [-0.4, -0.2) is 22.0 Å². The number of halogens is 2. The van der Waals surface area contributed by atoms with Crippen molar-refractivity contribution in [2.45, 2.75) is 23.6 Å². The number of benzene rings is 2. The van der Waals surface area contributed by atoms with Gasteiger partial charge >= 0.3 is 0 Å². The highest BCUT2D eigenvalue weighted by Crippen LogP contribution is 2.27. The number of sulfonamides is 2. The van der Waals surface area contributed by atoms with E-state index < -0.39 is 20.0 Å². The number of hydrogen-bond donors (Lipinski definition) is 2. The first kappa shape index (κ1) is 21.4. The van der Waals surface area contributed by atoms with Crippen molar-refractivity contribution in [1.29, 1.82) is 0 Å². The SMILES string of the molecule is Cc1noc(NS(=O)(=O)c2ccc(NS(=O)(=O)c3cc(Cl)ccc3Cl)cc2)c1C. The third-order valence-corrected chi connectivity index (χ3v) is 7.43. The highest BCUT2D eigenvalue weighted by molar-refractivity contribution is 7.93. The maximum Gasteiger partial charge on any atom is 0.264 e. The fourth-order valence-electron chi connectivity index (χ4n) is 2.29. The molecule has 0 fully saturated rings. The Morgan fingerprint density at radius 3 is 2.14 bits per heavy atom. The fourth-order valence-corrected chi connectivity index (χ4v) is 5.16. The number of nitrogens with zero attached hydrogens (tertiary/aromatic N) is 1. The van der Waals surface area contributed by atoms with Crippen LogP contribution in [0.1, 0.15) is 11.3 Å². The van der Waals surface area contributed by atoms with Crippen LogP contribution < -0.4 is 9.44 Å². The molecule has 2 N–H and O–H groups in total. The molecule has 3 aromatic rings. The Kier molecular flexibility index (Phi) is 5.81. The van der Waals surface area contributed by atoms with Gasteiger partial charge in [-0.3, -0.25) is 4.72 Å². The summed E-state index contributed by atoms with van der Waals surface area (Å²) in [6, 6.07) is 9.17. The molecule has 0 bridgehead atoms. The van der Waals surface area contributed by atoms with Gasteiger partial charge in [-0.15, -0.1) is 0 Å². The molecule has 0 aliphatic heterocycles. The molecule has 0 spiro atoms. The van der Waals surface area contributed by atoms with E-state index in [9.17, 15) is 16.8 Å². The molecule has 0 aliphatic carbocycles. The molecule has 1 heterocycles. The van der Waals surface area contributed by atoms with Crippen LogP contribution in [-0.2, 0) is 20.0 Å². The second-order valence-electron chi connectivity index (χ2n) is 6.03. The zero-order valence-corrected chi connectivity index (χ0v) is 18.2. The van der Waals surface area contributed by atoms with E-state index in [1.807, 2.05) is 0 Å². The summed E-state index contributed by atoms with van der Waals surface area (Å²) in [7, 11) is -7.97. The summed E-state index contributed by atoms with van der Waals surface area (Å²) in [5.41, 5.74) is 1.27. The highest BCUT2D eigenvalue weighted by Gasteiger charge is 2.21. The predicted octanol–water partition coefficient (Wildman–Crippen LogP) is 4.20. The molecule has 0 saturated heterocycles. The molecule has 0 saturated carbocycles. The number of aryl methyl sites for hydroxylation is 1. The van der Waals surface area contributed by atoms with E-state index in [0.29, 0.717) is 11.3 Å². The third kappa shape index (κ3) is 4.67. The van der Waals surface area contributed by atoms with Gasteiger partial charge in [-0.2, -0.15) is 0 Å².